The van der Waals surface area contributed by atoms with E-state index >= 15 is 0 Å². The molecule has 0 amide bonds. The van der Waals surface area contributed by atoms with Crippen molar-refractivity contribution in [2.24, 2.45) is 5.90 Å². The second-order valence-corrected chi connectivity index (χ2v) is 12.1. The van der Waals surface area contributed by atoms with Crippen molar-refractivity contribution in [3.05, 3.63) is 0 Å². The van der Waals surface area contributed by atoms with E-state index in [0.717, 1.165) is 61.1 Å². The summed E-state index contributed by atoms with van der Waals surface area (Å²) in [4.78, 5) is 4.67. The number of nitrogens with two attached hydrogens (primary N) is 1. The van der Waals surface area contributed by atoms with E-state index in [2.05, 4.69) is 60.2 Å². The van der Waals surface area contributed by atoms with E-state index in [1.165, 1.54) is 0 Å². The predicted octanol–water partition coefficient (Wildman–Crippen LogP) is 5.14. The van der Waals surface area contributed by atoms with Gasteiger partial charge in [0.25, 0.3) is 0 Å². The molecule has 2 unspecified atom stereocenters. The Morgan fingerprint density at radius 2 is 1.00 bits per heavy atom. The van der Waals surface area contributed by atoms with Crippen molar-refractivity contribution < 1.29 is 28.5 Å². The quantitative estimate of drug-likeness (QED) is 0.0877. The molecule has 0 bridgehead atoms. The van der Waals surface area contributed by atoms with E-state index in [9.17, 15) is 0 Å². The highest BCUT2D eigenvalue weighted by Gasteiger charge is 2.16. The smallest absolute Gasteiger partial charge is 0.161 e. The molecule has 9 heteroatoms. The van der Waals surface area contributed by atoms with Crippen LogP contribution in [-0.4, -0.2) is 81.0 Å². The molecule has 0 aromatic heterocycles. The summed E-state index contributed by atoms with van der Waals surface area (Å²) in [5.41, 5.74) is 0. The van der Waals surface area contributed by atoms with Crippen LogP contribution in [0.5, 0.6) is 0 Å². The molecule has 2 N–H and O–H groups in total. The van der Waals surface area contributed by atoms with Crippen LogP contribution in [0, 0.1) is 0 Å². The molecule has 0 rings (SSSR count). The average molecular weight is 514 g/mol. The van der Waals surface area contributed by atoms with Crippen LogP contribution < -0.4 is 5.90 Å². The zero-order valence-corrected chi connectivity index (χ0v) is 24.4. The Balaban J connectivity index is 4.45. The van der Waals surface area contributed by atoms with Gasteiger partial charge >= 0.3 is 0 Å². The lowest BCUT2D eigenvalue weighted by Gasteiger charge is -2.24. The number of hydrogen-bond acceptors (Lipinski definition) is 7. The highest BCUT2D eigenvalue weighted by Crippen LogP contribution is 2.23. The lowest BCUT2D eigenvalue weighted by atomic mass is 10.2. The van der Waals surface area contributed by atoms with Gasteiger partial charge in [0.15, 0.2) is 12.6 Å². The number of ether oxygens (including phenoxy) is 5. The molecule has 33 heavy (non-hydrogen) atoms. The first-order valence-corrected chi connectivity index (χ1v) is 15.4. The van der Waals surface area contributed by atoms with Crippen molar-refractivity contribution in [3.63, 3.8) is 0 Å². The molecule has 0 radical (unpaired) electrons. The van der Waals surface area contributed by atoms with Gasteiger partial charge in [0.1, 0.15) is 0 Å². The van der Waals surface area contributed by atoms with Crippen molar-refractivity contribution in [3.8, 4) is 0 Å². The standard InChI is InChI=1S/C24H53NO6P2/c1-18(2)28-23(29-19(3)4)16-32-14-10-22(26-12-9-13-27-25)11-15-33-17-24(30-20(5)6)31-21(7)8/h18-24,32-33H,9-17,25H2,1-8H3. The lowest BCUT2D eigenvalue weighted by molar-refractivity contribution is -0.167. The fraction of sp³-hybridized carbons (Fsp3) is 1.00. The van der Waals surface area contributed by atoms with Crippen molar-refractivity contribution in [2.75, 3.05) is 37.9 Å². The normalized spacial score (nSPS) is 14.3. The van der Waals surface area contributed by atoms with Crippen LogP contribution in [0.25, 0.3) is 0 Å². The van der Waals surface area contributed by atoms with Crippen LogP contribution in [0.15, 0.2) is 0 Å². The summed E-state index contributed by atoms with van der Waals surface area (Å²) in [5, 5.41) is 0. The third kappa shape index (κ3) is 22.8. The summed E-state index contributed by atoms with van der Waals surface area (Å²) in [7, 11) is 1.59. The van der Waals surface area contributed by atoms with Crippen molar-refractivity contribution >= 4 is 17.2 Å². The maximum Gasteiger partial charge on any atom is 0.161 e. The van der Waals surface area contributed by atoms with Crippen molar-refractivity contribution in [2.45, 2.75) is 118 Å². The molecular weight excluding hydrogens is 460 g/mol. The molecule has 0 fully saturated rings. The SMILES string of the molecule is CC(C)OC(CPCCC(CCPCC(OC(C)C)OC(C)C)OCCCON)OC(C)C. The van der Waals surface area contributed by atoms with Crippen molar-refractivity contribution in [1.82, 2.24) is 0 Å². The van der Waals surface area contributed by atoms with Gasteiger partial charge in [-0.25, -0.2) is 5.90 Å². The van der Waals surface area contributed by atoms with Crippen LogP contribution in [0.1, 0.15) is 74.7 Å². The Bertz CT molecular complexity index is 378. The van der Waals surface area contributed by atoms with Gasteiger partial charge in [0.2, 0.25) is 0 Å². The monoisotopic (exact) mass is 513 g/mol. The summed E-state index contributed by atoms with van der Waals surface area (Å²) in [5.74, 6) is 5.14. The molecule has 0 saturated carbocycles. The van der Waals surface area contributed by atoms with E-state index in [1.54, 1.807) is 0 Å². The molecule has 0 spiro atoms. The first-order valence-electron chi connectivity index (χ1n) is 12.6. The topological polar surface area (TPSA) is 81.4 Å². The molecule has 0 aliphatic heterocycles. The minimum atomic E-state index is -0.121. The predicted molar refractivity (Wildman–Crippen MR) is 142 cm³/mol. The molecule has 2 atom stereocenters. The maximum absolute atomic E-state index is 6.16. The molecule has 7 nitrogen and oxygen atoms in total. The minimum Gasteiger partial charge on any atom is -0.378 e. The Kier molecular flexibility index (Phi) is 22.2. The van der Waals surface area contributed by atoms with Gasteiger partial charge in [0.05, 0.1) is 37.1 Å². The number of hydrogen-bond donors (Lipinski definition) is 1. The Morgan fingerprint density at radius 1 is 0.606 bits per heavy atom. The summed E-state index contributed by atoms with van der Waals surface area (Å²) in [6.45, 7) is 17.6. The lowest BCUT2D eigenvalue weighted by Crippen LogP contribution is -2.27. The van der Waals surface area contributed by atoms with E-state index in [0.29, 0.717) is 13.2 Å². The fourth-order valence-electron chi connectivity index (χ4n) is 3.14. The highest BCUT2D eigenvalue weighted by atomic mass is 31.1. The van der Waals surface area contributed by atoms with Gasteiger partial charge in [0, 0.05) is 18.9 Å². The Hall–Kier alpha value is 0.580. The molecule has 0 saturated heterocycles. The van der Waals surface area contributed by atoms with Gasteiger partial charge in [-0.3, -0.25) is 0 Å². The van der Waals surface area contributed by atoms with E-state index in [4.69, 9.17) is 29.6 Å². The summed E-state index contributed by atoms with van der Waals surface area (Å²) < 4.78 is 29.9. The zero-order valence-electron chi connectivity index (χ0n) is 22.4. The first kappa shape index (κ1) is 33.6. The second kappa shape index (κ2) is 21.8. The third-order valence-electron chi connectivity index (χ3n) is 4.36. The van der Waals surface area contributed by atoms with Crippen LogP contribution in [-0.2, 0) is 28.5 Å². The van der Waals surface area contributed by atoms with Crippen LogP contribution >= 0.6 is 17.2 Å². The second-order valence-electron chi connectivity index (χ2n) is 9.30. The van der Waals surface area contributed by atoms with Gasteiger partial charge in [-0.1, -0.05) is 0 Å². The van der Waals surface area contributed by atoms with E-state index in [-0.39, 0.29) is 43.1 Å². The third-order valence-corrected chi connectivity index (χ3v) is 6.89. The summed E-state index contributed by atoms with van der Waals surface area (Å²) in [6.07, 6.45) is 7.73. The molecule has 0 aromatic carbocycles. The van der Waals surface area contributed by atoms with Gasteiger partial charge in [-0.2, -0.15) is 0 Å². The van der Waals surface area contributed by atoms with Crippen LogP contribution in [0.2, 0.25) is 0 Å². The summed E-state index contributed by atoms with van der Waals surface area (Å²) >= 11 is 0. The van der Waals surface area contributed by atoms with E-state index in [1.807, 2.05) is 0 Å². The van der Waals surface area contributed by atoms with Gasteiger partial charge in [-0.15, -0.1) is 17.2 Å². The number of rotatable bonds is 23. The minimum absolute atomic E-state index is 0.121. The van der Waals surface area contributed by atoms with Gasteiger partial charge in [-0.05, 0) is 87.0 Å². The average Bonchev–Trinajstić information content (AvgIpc) is 2.68. The zero-order chi connectivity index (χ0) is 25.1. The summed E-state index contributed by atoms with van der Waals surface area (Å²) in [6, 6.07) is 0. The molecule has 0 aromatic rings. The molecular formula is C24H53NO6P2. The molecule has 0 aliphatic rings. The Labute approximate surface area is 207 Å². The van der Waals surface area contributed by atoms with Crippen LogP contribution in [0.4, 0.5) is 0 Å². The largest absolute Gasteiger partial charge is 0.378 e. The fourth-order valence-corrected chi connectivity index (χ4v) is 5.46. The molecule has 0 aliphatic carbocycles. The highest BCUT2D eigenvalue weighted by molar-refractivity contribution is 7.38. The molecule has 200 valence electrons. The van der Waals surface area contributed by atoms with E-state index < -0.39 is 0 Å². The first-order chi connectivity index (χ1) is 15.6. The molecule has 0 heterocycles. The van der Waals surface area contributed by atoms with Gasteiger partial charge < -0.3 is 28.5 Å². The van der Waals surface area contributed by atoms with Crippen molar-refractivity contribution in [1.29, 1.82) is 0 Å². The Morgan fingerprint density at radius 3 is 1.33 bits per heavy atom. The maximum atomic E-state index is 6.16. The van der Waals surface area contributed by atoms with Crippen LogP contribution in [0.3, 0.4) is 0 Å².